The molecule has 7 unspecified atom stereocenters. The van der Waals surface area contributed by atoms with E-state index in [1.54, 1.807) is 0 Å². The summed E-state index contributed by atoms with van der Waals surface area (Å²) >= 11 is 0. The molecule has 0 aromatic carbocycles. The molecule has 0 aromatic rings. The molecule has 28 heteroatoms. The average molecular weight is 642 g/mol. The molecule has 1 rings (SSSR count). The quantitative estimate of drug-likeness (QED) is 0.0997. The summed E-state index contributed by atoms with van der Waals surface area (Å²) in [5, 5.41) is 0. The Morgan fingerprint density at radius 2 is 0.714 bits per heavy atom. The summed E-state index contributed by atoms with van der Waals surface area (Å²) < 4.78 is 83.9. The monoisotopic (exact) mass is 642 g/mol. The summed E-state index contributed by atoms with van der Waals surface area (Å²) in [6, 6.07) is 0. The summed E-state index contributed by atoms with van der Waals surface area (Å²) in [4.78, 5) is 102. The second kappa shape index (κ2) is 12.0. The first-order chi connectivity index (χ1) is 15.3. The van der Waals surface area contributed by atoms with Crippen LogP contribution in [-0.4, -0.2) is 97.1 Å². The van der Waals surface area contributed by atoms with E-state index < -0.39 is 84.1 Å². The van der Waals surface area contributed by atoms with Crippen LogP contribution in [0, 0.1) is 0 Å². The summed E-state index contributed by atoms with van der Waals surface area (Å²) in [5.41, 5.74) is 0. The topological polar surface area (TPSA) is 363 Å². The Balaban J connectivity index is 3.96. The Kier molecular flexibility index (Phi) is 11.6. The van der Waals surface area contributed by atoms with E-state index in [1.165, 1.54) is 0 Å². The lowest BCUT2D eigenvalue weighted by Crippen LogP contribution is -2.66. The third-order valence-corrected chi connectivity index (χ3v) is 6.65. The van der Waals surface area contributed by atoms with Crippen LogP contribution in [0.25, 0.3) is 0 Å². The van der Waals surface area contributed by atoms with E-state index in [1.807, 2.05) is 0 Å². The maximum absolute atomic E-state index is 11.9. The minimum Gasteiger partial charge on any atom is -0.328 e. The van der Waals surface area contributed by atoms with Gasteiger partial charge in [-0.3, -0.25) is 27.2 Å². The van der Waals surface area contributed by atoms with Gasteiger partial charge in [0, 0.05) is 6.66 Å². The molecule has 35 heavy (non-hydrogen) atoms. The lowest BCUT2D eigenvalue weighted by molar-refractivity contribution is -0.198. The van der Waals surface area contributed by atoms with Crippen LogP contribution in [-0.2, 0) is 50.0 Å². The van der Waals surface area contributed by atoms with E-state index in [-0.39, 0.29) is 0 Å². The smallest absolute Gasteiger partial charge is 0.328 e. The van der Waals surface area contributed by atoms with Crippen LogP contribution in [0.2, 0.25) is 0 Å². The van der Waals surface area contributed by atoms with Gasteiger partial charge in [-0.05, 0) is 0 Å². The maximum atomic E-state index is 11.9. The zero-order valence-electron chi connectivity index (χ0n) is 16.6. The van der Waals surface area contributed by atoms with Crippen molar-refractivity contribution in [2.24, 2.45) is 0 Å². The third kappa shape index (κ3) is 13.0. The summed E-state index contributed by atoms with van der Waals surface area (Å²) in [7, 11) is -32.0. The molecule has 210 valence electrons. The lowest BCUT2D eigenvalue weighted by atomic mass is 9.85. The molecule has 1 aliphatic carbocycles. The minimum absolute atomic E-state index is 0.426. The van der Waals surface area contributed by atoms with Crippen molar-refractivity contribution in [3.8, 4) is 0 Å². The summed E-state index contributed by atoms with van der Waals surface area (Å²) in [5.74, 6) is 0. The standard InChI is InChI=1S/C7H20O22P6/c1-31(10,11)25-3-2(24-30(8)9)4(26-32(12,13)14)6(28-34(18,19)20)7(29-35(21,22)23)5(3)27-33(15,16)17/h2-9H,1H3,(H,10,11)(H2,12,13,14)(H2,15,16,17)(H2,18,19,20)(H2,21,22,23). The molecule has 0 saturated heterocycles. The molecule has 11 N–H and O–H groups in total. The van der Waals surface area contributed by atoms with Crippen LogP contribution in [0.5, 0.6) is 0 Å². The molecule has 7 atom stereocenters. The van der Waals surface area contributed by atoms with Crippen molar-refractivity contribution in [3.63, 3.8) is 0 Å². The first-order valence-corrected chi connectivity index (χ1v) is 17.4. The van der Waals surface area contributed by atoms with Gasteiger partial charge in [0.05, 0.1) is 0 Å². The van der Waals surface area contributed by atoms with Gasteiger partial charge >= 0.3 is 47.5 Å². The van der Waals surface area contributed by atoms with E-state index in [4.69, 9.17) is 0 Å². The van der Waals surface area contributed by atoms with Crippen LogP contribution >= 0.6 is 47.5 Å². The van der Waals surface area contributed by atoms with Gasteiger partial charge in [0.1, 0.15) is 36.6 Å². The molecular formula is C7H20O22P6. The number of rotatable bonds is 12. The van der Waals surface area contributed by atoms with Gasteiger partial charge in [0.15, 0.2) is 0 Å². The van der Waals surface area contributed by atoms with Gasteiger partial charge in [-0.2, -0.15) is 0 Å². The molecule has 1 fully saturated rings. The molecule has 1 saturated carbocycles. The highest BCUT2D eigenvalue weighted by molar-refractivity contribution is 7.52. The number of hydrogen-bond donors (Lipinski definition) is 11. The van der Waals surface area contributed by atoms with Crippen molar-refractivity contribution >= 4 is 47.5 Å². The fourth-order valence-electron chi connectivity index (χ4n) is 2.81. The van der Waals surface area contributed by atoms with Gasteiger partial charge in [-0.15, -0.1) is 0 Å². The second-order valence-corrected chi connectivity index (χ2v) is 13.7. The molecule has 0 aliphatic heterocycles. The zero-order chi connectivity index (χ0) is 27.8. The van der Waals surface area contributed by atoms with Gasteiger partial charge in [0.25, 0.3) is 0 Å². The van der Waals surface area contributed by atoms with Gasteiger partial charge < -0.3 is 58.4 Å². The van der Waals surface area contributed by atoms with Crippen molar-refractivity contribution in [1.29, 1.82) is 0 Å². The zero-order valence-corrected chi connectivity index (χ0v) is 21.9. The molecule has 0 amide bonds. The first kappa shape index (κ1) is 33.9. The van der Waals surface area contributed by atoms with E-state index in [0.29, 0.717) is 6.66 Å². The Hall–Kier alpha value is 0.900. The van der Waals surface area contributed by atoms with E-state index in [0.717, 1.165) is 0 Å². The molecule has 22 nitrogen and oxygen atoms in total. The Morgan fingerprint density at radius 3 is 0.914 bits per heavy atom. The van der Waals surface area contributed by atoms with Crippen LogP contribution in [0.15, 0.2) is 0 Å². The summed E-state index contributed by atoms with van der Waals surface area (Å²) in [6.45, 7) is 0.426. The fourth-order valence-corrected chi connectivity index (χ4v) is 6.19. The van der Waals surface area contributed by atoms with Crippen LogP contribution in [0.1, 0.15) is 0 Å². The third-order valence-electron chi connectivity index (χ3n) is 3.51. The molecule has 0 spiro atoms. The van der Waals surface area contributed by atoms with Gasteiger partial charge in [-0.25, -0.2) is 18.3 Å². The van der Waals surface area contributed by atoms with E-state index in [2.05, 4.69) is 27.1 Å². The Morgan fingerprint density at radius 1 is 0.486 bits per heavy atom. The first-order valence-electron chi connectivity index (χ1n) is 8.07. The Labute approximate surface area is 195 Å². The Bertz CT molecular complexity index is 889. The molecule has 1 aliphatic rings. The van der Waals surface area contributed by atoms with Crippen molar-refractivity contribution in [2.45, 2.75) is 36.6 Å². The highest BCUT2D eigenvalue weighted by Crippen LogP contribution is 2.56. The maximum Gasteiger partial charge on any atom is 0.470 e. The SMILES string of the molecule is CP(=O)(O)OC1C(OP(O)O)C(OP(=O)(O)O)C(OP(=O)(O)O)C(OP(=O)(O)O)C1OP(=O)(O)O. The largest absolute Gasteiger partial charge is 0.470 e. The molecule has 0 heterocycles. The lowest BCUT2D eigenvalue weighted by Gasteiger charge is -2.48. The van der Waals surface area contributed by atoms with Crippen molar-refractivity contribution < 1.29 is 104 Å². The second-order valence-electron chi connectivity index (χ2n) is 6.44. The number of phosphoric acid groups is 4. The highest BCUT2D eigenvalue weighted by Gasteiger charge is 2.61. The van der Waals surface area contributed by atoms with Crippen LogP contribution < -0.4 is 0 Å². The average Bonchev–Trinajstić information content (AvgIpc) is 2.51. The molecule has 0 aromatic heterocycles. The predicted molar refractivity (Wildman–Crippen MR) is 105 cm³/mol. The normalized spacial score (nSPS) is 30.9. The van der Waals surface area contributed by atoms with Crippen molar-refractivity contribution in [2.75, 3.05) is 6.66 Å². The molecular weight excluding hydrogens is 622 g/mol. The number of phosphoric ester groups is 4. The predicted octanol–water partition coefficient (Wildman–Crippen LogP) is -2.29. The molecule has 0 bridgehead atoms. The summed E-state index contributed by atoms with van der Waals surface area (Å²) in [6.07, 6.45) is -16.8. The fraction of sp³-hybridized carbons (Fsp3) is 1.00. The van der Waals surface area contributed by atoms with Crippen molar-refractivity contribution in [1.82, 2.24) is 0 Å². The van der Waals surface area contributed by atoms with E-state index >= 15 is 0 Å². The molecule has 0 radical (unpaired) electrons. The van der Waals surface area contributed by atoms with Gasteiger partial charge in [0.2, 0.25) is 0 Å². The highest BCUT2D eigenvalue weighted by atomic mass is 31.2. The van der Waals surface area contributed by atoms with Crippen LogP contribution in [0.3, 0.4) is 0 Å². The van der Waals surface area contributed by atoms with Crippen LogP contribution in [0.4, 0.5) is 0 Å². The van der Waals surface area contributed by atoms with E-state index in [9.17, 15) is 76.7 Å². The van der Waals surface area contributed by atoms with Crippen molar-refractivity contribution in [3.05, 3.63) is 0 Å². The van der Waals surface area contributed by atoms with Gasteiger partial charge in [-0.1, -0.05) is 0 Å². The minimum atomic E-state index is -5.88. The number of hydrogen-bond acceptors (Lipinski definition) is 13.